The van der Waals surface area contributed by atoms with Crippen molar-refractivity contribution in [3.8, 4) is 5.75 Å². The molecule has 5 rings (SSSR count). The van der Waals surface area contributed by atoms with Crippen LogP contribution >= 0.6 is 0 Å². The van der Waals surface area contributed by atoms with E-state index in [0.717, 1.165) is 24.1 Å². The largest absolute Gasteiger partial charge is 0.476 e. The fourth-order valence-electron chi connectivity index (χ4n) is 4.39. The number of rotatable bonds is 4. The molecule has 0 unspecified atom stereocenters. The predicted octanol–water partition coefficient (Wildman–Crippen LogP) is 3.76. The van der Waals surface area contributed by atoms with E-state index in [-0.39, 0.29) is 18.2 Å². The summed E-state index contributed by atoms with van der Waals surface area (Å²) in [7, 11) is -3.72. The molecule has 2 aliphatic heterocycles. The topological polar surface area (TPSA) is 66.9 Å². The van der Waals surface area contributed by atoms with Crippen LogP contribution in [0.3, 0.4) is 0 Å². The number of aryl methyl sites for hydroxylation is 1. The van der Waals surface area contributed by atoms with Crippen molar-refractivity contribution in [3.63, 3.8) is 0 Å². The van der Waals surface area contributed by atoms with Crippen LogP contribution in [0.1, 0.15) is 17.5 Å². The molecular formula is C25H24N2O4S. The Morgan fingerprint density at radius 3 is 2.41 bits per heavy atom. The number of amides is 1. The summed E-state index contributed by atoms with van der Waals surface area (Å²) in [5, 5.41) is 0. The average Bonchev–Trinajstić information content (AvgIpc) is 2.83. The zero-order valence-electron chi connectivity index (χ0n) is 17.6. The van der Waals surface area contributed by atoms with E-state index in [4.69, 9.17) is 4.74 Å². The fourth-order valence-corrected chi connectivity index (χ4v) is 5.98. The first-order chi connectivity index (χ1) is 15.5. The molecule has 0 saturated heterocycles. The number of fused-ring (bicyclic) bond motifs is 2. The van der Waals surface area contributed by atoms with Gasteiger partial charge in [-0.2, -0.15) is 0 Å². The van der Waals surface area contributed by atoms with Crippen LogP contribution in [-0.4, -0.2) is 33.5 Å². The highest BCUT2D eigenvalue weighted by molar-refractivity contribution is 7.92. The van der Waals surface area contributed by atoms with Crippen molar-refractivity contribution < 1.29 is 17.9 Å². The molecule has 3 aromatic carbocycles. The van der Waals surface area contributed by atoms with Crippen molar-refractivity contribution in [2.24, 2.45) is 0 Å². The van der Waals surface area contributed by atoms with Gasteiger partial charge in [0, 0.05) is 12.2 Å². The summed E-state index contributed by atoms with van der Waals surface area (Å²) in [5.41, 5.74) is 3.16. The number of nitrogens with zero attached hydrogens (tertiary/aromatic N) is 2. The van der Waals surface area contributed by atoms with Crippen LogP contribution in [-0.2, 0) is 27.0 Å². The zero-order valence-corrected chi connectivity index (χ0v) is 18.4. The number of para-hydroxylation sites is 3. The molecule has 0 radical (unpaired) electrons. The molecule has 7 heteroatoms. The summed E-state index contributed by atoms with van der Waals surface area (Å²) in [5.74, 6) is 0.0425. The van der Waals surface area contributed by atoms with Crippen LogP contribution in [0.4, 0.5) is 11.4 Å². The van der Waals surface area contributed by atoms with Crippen LogP contribution in [0.15, 0.2) is 78.9 Å². The van der Waals surface area contributed by atoms with E-state index >= 15 is 0 Å². The van der Waals surface area contributed by atoms with Gasteiger partial charge in [-0.25, -0.2) is 8.42 Å². The fraction of sp³-hybridized carbons (Fsp3) is 0.240. The van der Waals surface area contributed by atoms with Gasteiger partial charge in [-0.15, -0.1) is 0 Å². The Bertz CT molecular complexity index is 1240. The molecule has 164 valence electrons. The highest BCUT2D eigenvalue weighted by Gasteiger charge is 2.39. The minimum atomic E-state index is -3.72. The summed E-state index contributed by atoms with van der Waals surface area (Å²) in [6, 6.07) is 23.9. The lowest BCUT2D eigenvalue weighted by Gasteiger charge is -2.38. The Morgan fingerprint density at radius 1 is 0.906 bits per heavy atom. The molecule has 2 heterocycles. The first kappa shape index (κ1) is 20.6. The number of hydrogen-bond acceptors (Lipinski definition) is 4. The second kappa shape index (κ2) is 8.31. The standard InChI is InChI=1S/C25H24N2O4S/c28-25(26-16-8-12-20-11-4-5-13-21(20)26)24-17-27(22-14-6-7-15-23(22)31-24)32(29,30)18-19-9-2-1-3-10-19/h1-7,9-11,13-15,24H,8,12,16-18H2/t24-/m1/s1. The first-order valence-electron chi connectivity index (χ1n) is 10.7. The monoisotopic (exact) mass is 448 g/mol. The van der Waals surface area contributed by atoms with Crippen molar-refractivity contribution in [1.82, 2.24) is 0 Å². The molecule has 2 aliphatic rings. The quantitative estimate of drug-likeness (QED) is 0.610. The highest BCUT2D eigenvalue weighted by Crippen LogP contribution is 2.37. The molecule has 0 bridgehead atoms. The van der Waals surface area contributed by atoms with E-state index in [2.05, 4.69) is 0 Å². The molecule has 0 aliphatic carbocycles. The second-order valence-corrected chi connectivity index (χ2v) is 9.96. The maximum Gasteiger partial charge on any atom is 0.269 e. The molecular weight excluding hydrogens is 424 g/mol. The maximum absolute atomic E-state index is 13.5. The van der Waals surface area contributed by atoms with Gasteiger partial charge in [0.05, 0.1) is 18.0 Å². The van der Waals surface area contributed by atoms with E-state index in [9.17, 15) is 13.2 Å². The van der Waals surface area contributed by atoms with E-state index in [1.165, 1.54) is 4.31 Å². The average molecular weight is 449 g/mol. The van der Waals surface area contributed by atoms with Crippen LogP contribution in [0, 0.1) is 0 Å². The smallest absolute Gasteiger partial charge is 0.269 e. The van der Waals surface area contributed by atoms with Gasteiger partial charge in [-0.3, -0.25) is 9.10 Å². The van der Waals surface area contributed by atoms with Crippen molar-refractivity contribution >= 4 is 27.3 Å². The van der Waals surface area contributed by atoms with Gasteiger partial charge in [0.1, 0.15) is 5.75 Å². The van der Waals surface area contributed by atoms with Gasteiger partial charge < -0.3 is 9.64 Å². The molecule has 0 fully saturated rings. The molecule has 32 heavy (non-hydrogen) atoms. The third kappa shape index (κ3) is 3.84. The lowest BCUT2D eigenvalue weighted by molar-refractivity contribution is -0.125. The summed E-state index contributed by atoms with van der Waals surface area (Å²) in [4.78, 5) is 15.3. The van der Waals surface area contributed by atoms with Gasteiger partial charge in [0.25, 0.3) is 5.91 Å². The van der Waals surface area contributed by atoms with Crippen molar-refractivity contribution in [2.45, 2.75) is 24.7 Å². The van der Waals surface area contributed by atoms with E-state index in [1.54, 1.807) is 41.3 Å². The lowest BCUT2D eigenvalue weighted by atomic mass is 10.0. The van der Waals surface area contributed by atoms with Gasteiger partial charge in [-0.1, -0.05) is 60.7 Å². The normalized spacial score (nSPS) is 17.8. The van der Waals surface area contributed by atoms with E-state index < -0.39 is 16.1 Å². The Labute approximate surface area is 188 Å². The Morgan fingerprint density at radius 2 is 1.59 bits per heavy atom. The molecule has 0 aromatic heterocycles. The van der Waals surface area contributed by atoms with Crippen LogP contribution in [0.25, 0.3) is 0 Å². The molecule has 3 aromatic rings. The van der Waals surface area contributed by atoms with Crippen molar-refractivity contribution in [2.75, 3.05) is 22.3 Å². The van der Waals surface area contributed by atoms with Gasteiger partial charge in [0.15, 0.2) is 6.10 Å². The highest BCUT2D eigenvalue weighted by atomic mass is 32.2. The SMILES string of the molecule is O=C([C@H]1CN(S(=O)(=O)Cc2ccccc2)c2ccccc2O1)N1CCCc2ccccc21. The van der Waals surface area contributed by atoms with E-state index in [1.807, 2.05) is 42.5 Å². The molecule has 0 N–H and O–H groups in total. The summed E-state index contributed by atoms with van der Waals surface area (Å²) >= 11 is 0. The minimum absolute atomic E-state index is 0.0519. The number of sulfonamides is 1. The van der Waals surface area contributed by atoms with Crippen molar-refractivity contribution in [1.29, 1.82) is 0 Å². The number of benzene rings is 3. The molecule has 1 atom stereocenters. The first-order valence-corrected chi connectivity index (χ1v) is 12.3. The Balaban J connectivity index is 1.47. The third-order valence-electron chi connectivity index (χ3n) is 5.91. The van der Waals surface area contributed by atoms with Crippen LogP contribution in [0.5, 0.6) is 5.75 Å². The summed E-state index contributed by atoms with van der Waals surface area (Å²) in [6.07, 6.45) is 0.871. The molecule has 0 spiro atoms. The van der Waals surface area contributed by atoms with Crippen LogP contribution < -0.4 is 13.9 Å². The number of hydrogen-bond donors (Lipinski definition) is 0. The summed E-state index contributed by atoms with van der Waals surface area (Å²) in [6.45, 7) is 0.539. The molecule has 0 saturated carbocycles. The third-order valence-corrected chi connectivity index (χ3v) is 7.63. The Kier molecular flexibility index (Phi) is 5.35. The minimum Gasteiger partial charge on any atom is -0.476 e. The Hall–Kier alpha value is -3.32. The summed E-state index contributed by atoms with van der Waals surface area (Å²) < 4.78 is 34.2. The van der Waals surface area contributed by atoms with Gasteiger partial charge >= 0.3 is 0 Å². The van der Waals surface area contributed by atoms with E-state index in [0.29, 0.717) is 23.5 Å². The number of ether oxygens (including phenoxy) is 1. The van der Waals surface area contributed by atoms with Gasteiger partial charge in [0.2, 0.25) is 10.0 Å². The zero-order chi connectivity index (χ0) is 22.1. The molecule has 1 amide bonds. The maximum atomic E-state index is 13.5. The number of carbonyl (C=O) groups excluding carboxylic acids is 1. The number of anilines is 2. The van der Waals surface area contributed by atoms with Gasteiger partial charge in [-0.05, 0) is 42.2 Å². The molecule has 6 nitrogen and oxygen atoms in total. The lowest BCUT2D eigenvalue weighted by Crippen LogP contribution is -2.53. The predicted molar refractivity (Wildman–Crippen MR) is 124 cm³/mol. The van der Waals surface area contributed by atoms with Crippen molar-refractivity contribution in [3.05, 3.63) is 90.0 Å². The second-order valence-electron chi connectivity index (χ2n) is 8.07. The van der Waals surface area contributed by atoms with Crippen LogP contribution in [0.2, 0.25) is 0 Å². The number of carbonyl (C=O) groups is 1.